The molecule has 0 saturated carbocycles. The molecule has 0 fully saturated rings. The standard InChI is InChI=1S/C8H6N2O9S/c1-19-8(11)5-2-4(9(12)13)3-6(10(14)15)7(5)20(16,17)18/h2-3H,1H3,(H,16,17,18). The summed E-state index contributed by atoms with van der Waals surface area (Å²) in [5.41, 5.74) is -3.21. The Bertz CT molecular complexity index is 709. The second kappa shape index (κ2) is 5.18. The molecule has 0 unspecified atom stereocenters. The number of ether oxygens (including phenoxy) is 1. The van der Waals surface area contributed by atoms with Crippen molar-refractivity contribution in [1.82, 2.24) is 0 Å². The molecule has 0 spiro atoms. The second-order valence-corrected chi connectivity index (χ2v) is 4.68. The highest BCUT2D eigenvalue weighted by Crippen LogP contribution is 2.32. The number of non-ortho nitro benzene ring substituents is 1. The molecule has 0 heterocycles. The molecule has 12 heteroatoms. The molecule has 0 radical (unpaired) electrons. The summed E-state index contributed by atoms with van der Waals surface area (Å²) in [5.74, 6) is -1.38. The van der Waals surface area contributed by atoms with Gasteiger partial charge in [0.25, 0.3) is 11.4 Å². The predicted octanol–water partition coefficient (Wildman–Crippen LogP) is 0.536. The number of carbonyl (C=O) groups excluding carboxylic acids is 1. The van der Waals surface area contributed by atoms with Crippen molar-refractivity contribution in [2.75, 3.05) is 7.11 Å². The van der Waals surface area contributed by atoms with E-state index in [1.54, 1.807) is 0 Å². The number of benzene rings is 1. The first-order valence-corrected chi connectivity index (χ1v) is 6.06. The van der Waals surface area contributed by atoms with Crippen molar-refractivity contribution in [2.24, 2.45) is 0 Å². The van der Waals surface area contributed by atoms with Crippen molar-refractivity contribution in [2.45, 2.75) is 4.90 Å². The predicted molar refractivity (Wildman–Crippen MR) is 60.9 cm³/mol. The van der Waals surface area contributed by atoms with Crippen molar-refractivity contribution in [3.8, 4) is 0 Å². The molecule has 0 bridgehead atoms. The number of nitro benzene ring substituents is 2. The van der Waals surface area contributed by atoms with Crippen LogP contribution in [-0.2, 0) is 14.9 Å². The van der Waals surface area contributed by atoms with Crippen LogP contribution in [0, 0.1) is 20.2 Å². The third kappa shape index (κ3) is 2.86. The lowest BCUT2D eigenvalue weighted by atomic mass is 10.1. The minimum Gasteiger partial charge on any atom is -0.465 e. The van der Waals surface area contributed by atoms with Gasteiger partial charge in [0.05, 0.1) is 28.6 Å². The van der Waals surface area contributed by atoms with Crippen molar-refractivity contribution in [1.29, 1.82) is 0 Å². The van der Waals surface area contributed by atoms with Gasteiger partial charge in [-0.3, -0.25) is 24.8 Å². The van der Waals surface area contributed by atoms with Crippen LogP contribution in [-0.4, -0.2) is 35.9 Å². The van der Waals surface area contributed by atoms with Gasteiger partial charge >= 0.3 is 16.1 Å². The normalized spacial score (nSPS) is 10.9. The Balaban J connectivity index is 3.91. The molecule has 0 aliphatic rings. The fourth-order valence-electron chi connectivity index (χ4n) is 1.37. The molecule has 1 aromatic carbocycles. The number of rotatable bonds is 4. The van der Waals surface area contributed by atoms with Gasteiger partial charge in [0.2, 0.25) is 0 Å². The second-order valence-electron chi connectivity index (χ2n) is 3.32. The fraction of sp³-hybridized carbons (Fsp3) is 0.125. The maximum atomic E-state index is 11.4. The Kier molecular flexibility index (Phi) is 4.00. The summed E-state index contributed by atoms with van der Waals surface area (Å²) in [6.45, 7) is 0. The summed E-state index contributed by atoms with van der Waals surface area (Å²) < 4.78 is 35.5. The SMILES string of the molecule is COC(=O)c1cc([N+](=O)[O-])cc([N+](=O)[O-])c1S(=O)(=O)O. The quantitative estimate of drug-likeness (QED) is 0.361. The third-order valence-electron chi connectivity index (χ3n) is 2.12. The van der Waals surface area contributed by atoms with Gasteiger partial charge in [-0.15, -0.1) is 0 Å². The van der Waals surface area contributed by atoms with Gasteiger partial charge in [-0.25, -0.2) is 4.79 Å². The number of esters is 1. The van der Waals surface area contributed by atoms with E-state index in [0.29, 0.717) is 12.1 Å². The summed E-state index contributed by atoms with van der Waals surface area (Å²) in [5, 5.41) is 21.4. The van der Waals surface area contributed by atoms with Gasteiger partial charge in [0, 0.05) is 6.07 Å². The van der Waals surface area contributed by atoms with E-state index in [-0.39, 0.29) is 0 Å². The van der Waals surface area contributed by atoms with Crippen LogP contribution < -0.4 is 0 Å². The molecule has 0 aliphatic heterocycles. The van der Waals surface area contributed by atoms with Gasteiger partial charge in [-0.05, 0) is 0 Å². The van der Waals surface area contributed by atoms with E-state index >= 15 is 0 Å². The van der Waals surface area contributed by atoms with Crippen molar-refractivity contribution in [3.63, 3.8) is 0 Å². The Hall–Kier alpha value is -2.60. The largest absolute Gasteiger partial charge is 0.465 e. The molecule has 0 atom stereocenters. The first kappa shape index (κ1) is 15.5. The minimum atomic E-state index is -5.17. The maximum absolute atomic E-state index is 11.4. The van der Waals surface area contributed by atoms with Crippen LogP contribution in [0.25, 0.3) is 0 Å². The first-order chi connectivity index (χ1) is 9.09. The zero-order valence-electron chi connectivity index (χ0n) is 9.67. The number of methoxy groups -OCH3 is 1. The van der Waals surface area contributed by atoms with Crippen LogP contribution in [0.15, 0.2) is 17.0 Å². The third-order valence-corrected chi connectivity index (χ3v) is 3.07. The zero-order chi connectivity index (χ0) is 15.7. The summed E-state index contributed by atoms with van der Waals surface area (Å²) in [4.78, 5) is 29.1. The van der Waals surface area contributed by atoms with Crippen molar-refractivity contribution in [3.05, 3.63) is 37.9 Å². The van der Waals surface area contributed by atoms with E-state index in [0.717, 1.165) is 7.11 Å². The molecule has 11 nitrogen and oxygen atoms in total. The first-order valence-electron chi connectivity index (χ1n) is 4.62. The van der Waals surface area contributed by atoms with Crippen molar-refractivity contribution >= 4 is 27.5 Å². The summed E-state index contributed by atoms with van der Waals surface area (Å²) >= 11 is 0. The van der Waals surface area contributed by atoms with E-state index in [9.17, 15) is 33.4 Å². The monoisotopic (exact) mass is 306 g/mol. The van der Waals surface area contributed by atoms with Crippen LogP contribution in [0.1, 0.15) is 10.4 Å². The molecule has 0 saturated heterocycles. The lowest BCUT2D eigenvalue weighted by Gasteiger charge is -2.06. The number of hydrogen-bond acceptors (Lipinski definition) is 8. The highest BCUT2D eigenvalue weighted by Gasteiger charge is 2.34. The minimum absolute atomic E-state index is 0.315. The van der Waals surface area contributed by atoms with Crippen LogP contribution in [0.5, 0.6) is 0 Å². The van der Waals surface area contributed by atoms with E-state index in [2.05, 4.69) is 4.74 Å². The van der Waals surface area contributed by atoms with Gasteiger partial charge in [0.1, 0.15) is 0 Å². The molecule has 108 valence electrons. The van der Waals surface area contributed by atoms with E-state index < -0.39 is 47.8 Å². The Morgan fingerprint density at radius 1 is 1.25 bits per heavy atom. The summed E-state index contributed by atoms with van der Waals surface area (Å²) in [7, 11) is -4.34. The van der Waals surface area contributed by atoms with Crippen LogP contribution >= 0.6 is 0 Å². The van der Waals surface area contributed by atoms with E-state index in [1.165, 1.54) is 0 Å². The molecule has 0 aromatic heterocycles. The highest BCUT2D eigenvalue weighted by atomic mass is 32.2. The number of hydrogen-bond donors (Lipinski definition) is 1. The molecular weight excluding hydrogens is 300 g/mol. The summed E-state index contributed by atoms with van der Waals surface area (Å²) in [6.07, 6.45) is 0. The molecule has 1 aromatic rings. The maximum Gasteiger partial charge on any atom is 0.339 e. The number of nitro groups is 2. The fourth-order valence-corrected chi connectivity index (χ4v) is 2.19. The average molecular weight is 306 g/mol. The molecular formula is C8H6N2O9S. The van der Waals surface area contributed by atoms with Gasteiger partial charge in [0.15, 0.2) is 4.90 Å². The summed E-state index contributed by atoms with van der Waals surface area (Å²) in [6, 6.07) is 0.775. The Labute approximate surface area is 110 Å². The Morgan fingerprint density at radius 2 is 1.80 bits per heavy atom. The lowest BCUT2D eigenvalue weighted by molar-refractivity contribution is -0.396. The zero-order valence-corrected chi connectivity index (χ0v) is 10.5. The average Bonchev–Trinajstić information content (AvgIpc) is 2.34. The van der Waals surface area contributed by atoms with Crippen molar-refractivity contribution < 1.29 is 32.3 Å². The van der Waals surface area contributed by atoms with E-state index in [1.807, 2.05) is 0 Å². The topological polar surface area (TPSA) is 167 Å². The molecule has 0 aliphatic carbocycles. The van der Waals surface area contributed by atoms with Crippen LogP contribution in [0.4, 0.5) is 11.4 Å². The number of nitrogens with zero attached hydrogens (tertiary/aromatic N) is 2. The smallest absolute Gasteiger partial charge is 0.339 e. The molecule has 1 rings (SSSR count). The van der Waals surface area contributed by atoms with Gasteiger partial charge in [-0.2, -0.15) is 8.42 Å². The lowest BCUT2D eigenvalue weighted by Crippen LogP contribution is -2.13. The number of carbonyl (C=O) groups is 1. The van der Waals surface area contributed by atoms with Crippen LogP contribution in [0.2, 0.25) is 0 Å². The molecule has 1 N–H and O–H groups in total. The molecule has 20 heavy (non-hydrogen) atoms. The Morgan fingerprint density at radius 3 is 2.15 bits per heavy atom. The van der Waals surface area contributed by atoms with Gasteiger partial charge in [-0.1, -0.05) is 0 Å². The van der Waals surface area contributed by atoms with Crippen LogP contribution in [0.3, 0.4) is 0 Å². The highest BCUT2D eigenvalue weighted by molar-refractivity contribution is 7.86. The van der Waals surface area contributed by atoms with E-state index in [4.69, 9.17) is 4.55 Å². The molecule has 0 amide bonds. The van der Waals surface area contributed by atoms with Gasteiger partial charge < -0.3 is 4.74 Å².